The topological polar surface area (TPSA) is 33.0 Å². The summed E-state index contributed by atoms with van der Waals surface area (Å²) in [5, 5.41) is 10.5. The van der Waals surface area contributed by atoms with E-state index in [9.17, 15) is 5.26 Å². The molecular formula is C12H11Cl2NO. The highest BCUT2D eigenvalue weighted by Crippen LogP contribution is 2.34. The molecule has 1 heterocycles. The Labute approximate surface area is 105 Å². The molecule has 2 rings (SSSR count). The van der Waals surface area contributed by atoms with E-state index < -0.39 is 5.41 Å². The second kappa shape index (κ2) is 4.63. The van der Waals surface area contributed by atoms with Crippen molar-refractivity contribution in [2.24, 2.45) is 5.41 Å². The molecule has 1 aromatic rings. The first-order valence-electron chi connectivity index (χ1n) is 5.08. The molecule has 1 aliphatic heterocycles. The molecule has 0 amide bonds. The van der Waals surface area contributed by atoms with Crippen molar-refractivity contribution >= 4 is 23.2 Å². The lowest BCUT2D eigenvalue weighted by Gasteiger charge is -2.19. The number of benzene rings is 1. The fourth-order valence-electron chi connectivity index (χ4n) is 1.92. The van der Waals surface area contributed by atoms with Crippen LogP contribution in [0.25, 0.3) is 0 Å². The monoisotopic (exact) mass is 255 g/mol. The Kier molecular flexibility index (Phi) is 3.39. The molecule has 0 N–H and O–H groups in total. The highest BCUT2D eigenvalue weighted by molar-refractivity contribution is 6.33. The molecule has 0 spiro atoms. The molecule has 0 radical (unpaired) electrons. The molecule has 2 nitrogen and oxygen atoms in total. The summed E-state index contributed by atoms with van der Waals surface area (Å²) in [6.07, 6.45) is 1.36. The van der Waals surface area contributed by atoms with Crippen LogP contribution in [0.15, 0.2) is 18.2 Å². The summed E-state index contributed by atoms with van der Waals surface area (Å²) < 4.78 is 5.30. The highest BCUT2D eigenvalue weighted by atomic mass is 35.5. The zero-order chi connectivity index (χ0) is 11.6. The first kappa shape index (κ1) is 11.7. The Balaban J connectivity index is 2.26. The van der Waals surface area contributed by atoms with Crippen LogP contribution >= 0.6 is 23.2 Å². The molecular weight excluding hydrogens is 245 g/mol. The van der Waals surface area contributed by atoms with Crippen LogP contribution in [0.2, 0.25) is 10.0 Å². The average Bonchev–Trinajstić information content (AvgIpc) is 2.73. The van der Waals surface area contributed by atoms with Gasteiger partial charge < -0.3 is 4.74 Å². The summed E-state index contributed by atoms with van der Waals surface area (Å²) in [5.41, 5.74) is 0.482. The number of nitriles is 1. The Morgan fingerprint density at radius 2 is 2.25 bits per heavy atom. The van der Waals surface area contributed by atoms with Crippen LogP contribution < -0.4 is 0 Å². The summed E-state index contributed by atoms with van der Waals surface area (Å²) >= 11 is 12.0. The number of nitrogens with zero attached hydrogens (tertiary/aromatic N) is 1. The summed E-state index contributed by atoms with van der Waals surface area (Å²) in [4.78, 5) is 0. The van der Waals surface area contributed by atoms with Crippen LogP contribution in [-0.4, -0.2) is 13.2 Å². The second-order valence-electron chi connectivity index (χ2n) is 4.11. The van der Waals surface area contributed by atoms with Crippen LogP contribution in [0.5, 0.6) is 0 Å². The predicted molar refractivity (Wildman–Crippen MR) is 63.6 cm³/mol. The van der Waals surface area contributed by atoms with E-state index in [1.807, 2.05) is 6.07 Å². The van der Waals surface area contributed by atoms with Gasteiger partial charge in [-0.1, -0.05) is 23.2 Å². The molecule has 1 fully saturated rings. The van der Waals surface area contributed by atoms with Crippen molar-refractivity contribution in [2.75, 3.05) is 13.2 Å². The molecule has 1 aromatic carbocycles. The third-order valence-electron chi connectivity index (χ3n) is 2.88. The highest BCUT2D eigenvalue weighted by Gasteiger charge is 2.35. The van der Waals surface area contributed by atoms with Gasteiger partial charge in [0, 0.05) is 16.7 Å². The van der Waals surface area contributed by atoms with Gasteiger partial charge in [0.25, 0.3) is 0 Å². The van der Waals surface area contributed by atoms with Gasteiger partial charge in [-0.3, -0.25) is 0 Å². The quantitative estimate of drug-likeness (QED) is 0.811. The van der Waals surface area contributed by atoms with Crippen molar-refractivity contribution < 1.29 is 4.74 Å². The van der Waals surface area contributed by atoms with Gasteiger partial charge in [0.15, 0.2) is 0 Å². The van der Waals surface area contributed by atoms with Crippen molar-refractivity contribution in [1.82, 2.24) is 0 Å². The van der Waals surface area contributed by atoms with Crippen molar-refractivity contribution in [3.63, 3.8) is 0 Å². The van der Waals surface area contributed by atoms with Crippen molar-refractivity contribution in [2.45, 2.75) is 12.8 Å². The molecule has 1 atom stereocenters. The molecule has 1 unspecified atom stereocenters. The van der Waals surface area contributed by atoms with Gasteiger partial charge in [0.1, 0.15) is 0 Å². The molecule has 84 valence electrons. The minimum Gasteiger partial charge on any atom is -0.380 e. The summed E-state index contributed by atoms with van der Waals surface area (Å²) in [6.45, 7) is 1.12. The van der Waals surface area contributed by atoms with Crippen molar-refractivity contribution in [3.8, 4) is 6.07 Å². The third kappa shape index (κ3) is 2.32. The van der Waals surface area contributed by atoms with Crippen molar-refractivity contribution in [1.29, 1.82) is 5.26 Å². The smallest absolute Gasteiger partial charge is 0.0869 e. The van der Waals surface area contributed by atoms with E-state index in [0.29, 0.717) is 29.7 Å². The minimum absolute atomic E-state index is 0.436. The Hall–Kier alpha value is -0.750. The fraction of sp³-hybridized carbons (Fsp3) is 0.417. The van der Waals surface area contributed by atoms with Crippen LogP contribution in [0.3, 0.4) is 0 Å². The van der Waals surface area contributed by atoms with Crippen LogP contribution in [0.1, 0.15) is 12.0 Å². The van der Waals surface area contributed by atoms with Crippen LogP contribution in [0, 0.1) is 16.7 Å². The van der Waals surface area contributed by atoms with E-state index in [1.165, 1.54) is 0 Å². The summed E-state index contributed by atoms with van der Waals surface area (Å²) in [7, 11) is 0. The summed E-state index contributed by atoms with van der Waals surface area (Å²) in [5.74, 6) is 0. The zero-order valence-electron chi connectivity index (χ0n) is 8.67. The average molecular weight is 256 g/mol. The van der Waals surface area contributed by atoms with Crippen LogP contribution in [-0.2, 0) is 11.2 Å². The Morgan fingerprint density at radius 3 is 2.88 bits per heavy atom. The molecule has 1 aliphatic rings. The zero-order valence-corrected chi connectivity index (χ0v) is 10.2. The standard InChI is InChI=1S/C12H11Cl2NO/c13-10-1-2-11(14)9(5-10)6-12(7-15)3-4-16-8-12/h1-2,5H,3-4,6,8H2. The Morgan fingerprint density at radius 1 is 1.44 bits per heavy atom. The third-order valence-corrected chi connectivity index (χ3v) is 3.48. The molecule has 0 bridgehead atoms. The second-order valence-corrected chi connectivity index (χ2v) is 4.95. The molecule has 4 heteroatoms. The van der Waals surface area contributed by atoms with Gasteiger partial charge in [0.05, 0.1) is 18.1 Å². The number of halogens is 2. The van der Waals surface area contributed by atoms with Crippen LogP contribution in [0.4, 0.5) is 0 Å². The van der Waals surface area contributed by atoms with E-state index >= 15 is 0 Å². The molecule has 16 heavy (non-hydrogen) atoms. The van der Waals surface area contributed by atoms with Gasteiger partial charge in [-0.25, -0.2) is 0 Å². The molecule has 0 aromatic heterocycles. The van der Waals surface area contributed by atoms with Crippen molar-refractivity contribution in [3.05, 3.63) is 33.8 Å². The van der Waals surface area contributed by atoms with Gasteiger partial charge in [0.2, 0.25) is 0 Å². The maximum Gasteiger partial charge on any atom is 0.0869 e. The van der Waals surface area contributed by atoms with Gasteiger partial charge in [-0.05, 0) is 36.6 Å². The van der Waals surface area contributed by atoms with Gasteiger partial charge in [-0.15, -0.1) is 0 Å². The Bertz CT molecular complexity index is 433. The lowest BCUT2D eigenvalue weighted by atomic mass is 9.82. The number of rotatable bonds is 2. The number of hydrogen-bond donors (Lipinski definition) is 0. The van der Waals surface area contributed by atoms with E-state index in [-0.39, 0.29) is 0 Å². The first-order valence-corrected chi connectivity index (χ1v) is 5.84. The van der Waals surface area contributed by atoms with Gasteiger partial charge >= 0.3 is 0 Å². The predicted octanol–water partition coefficient (Wildman–Crippen LogP) is 3.47. The molecule has 1 saturated heterocycles. The molecule has 0 saturated carbocycles. The van der Waals surface area contributed by atoms with Gasteiger partial charge in [-0.2, -0.15) is 5.26 Å². The first-order chi connectivity index (χ1) is 7.65. The summed E-state index contributed by atoms with van der Waals surface area (Å²) in [6, 6.07) is 7.68. The molecule has 0 aliphatic carbocycles. The minimum atomic E-state index is -0.436. The van der Waals surface area contributed by atoms with E-state index in [1.54, 1.807) is 12.1 Å². The van der Waals surface area contributed by atoms with E-state index in [2.05, 4.69) is 6.07 Å². The lowest BCUT2D eigenvalue weighted by molar-refractivity contribution is 0.171. The lowest BCUT2D eigenvalue weighted by Crippen LogP contribution is -2.21. The largest absolute Gasteiger partial charge is 0.380 e. The maximum absolute atomic E-state index is 9.23. The number of hydrogen-bond acceptors (Lipinski definition) is 2. The van der Waals surface area contributed by atoms with E-state index in [0.717, 1.165) is 12.0 Å². The normalized spacial score (nSPS) is 24.3. The number of ether oxygens (including phenoxy) is 1. The van der Waals surface area contributed by atoms with E-state index in [4.69, 9.17) is 27.9 Å². The maximum atomic E-state index is 9.23. The SMILES string of the molecule is N#CC1(Cc2cc(Cl)ccc2Cl)CCOC1. The fourth-order valence-corrected chi connectivity index (χ4v) is 2.30.